The maximum atomic E-state index is 12.9. The van der Waals surface area contributed by atoms with E-state index in [4.69, 9.17) is 9.47 Å². The number of aromatic nitrogens is 1. The number of amides is 1. The summed E-state index contributed by atoms with van der Waals surface area (Å²) in [6.45, 7) is 12.2. The highest BCUT2D eigenvalue weighted by Crippen LogP contribution is 2.29. The number of thiophene rings is 1. The number of hydrogen-bond donors (Lipinski definition) is 1. The zero-order valence-corrected chi connectivity index (χ0v) is 19.2. The number of ether oxygens (including phenoxy) is 2. The lowest BCUT2D eigenvalue weighted by atomic mass is 10.1. The van der Waals surface area contributed by atoms with Gasteiger partial charge in [0.05, 0.1) is 31.9 Å². The Kier molecular flexibility index (Phi) is 7.33. The van der Waals surface area contributed by atoms with Gasteiger partial charge < -0.3 is 19.4 Å². The minimum atomic E-state index is -0.410. The number of esters is 1. The van der Waals surface area contributed by atoms with Crippen molar-refractivity contribution < 1.29 is 19.1 Å². The lowest BCUT2D eigenvalue weighted by Crippen LogP contribution is -2.48. The second-order valence-corrected chi connectivity index (χ2v) is 8.85. The topological polar surface area (TPSA) is 72.8 Å². The molecule has 8 heteroatoms. The van der Waals surface area contributed by atoms with E-state index in [-0.39, 0.29) is 31.3 Å². The Labute approximate surface area is 182 Å². The first-order valence-corrected chi connectivity index (χ1v) is 11.2. The van der Waals surface area contributed by atoms with E-state index in [1.54, 1.807) is 18.3 Å². The average molecular weight is 434 g/mol. The first-order valence-electron chi connectivity index (χ1n) is 10.4. The summed E-state index contributed by atoms with van der Waals surface area (Å²) in [6.07, 6.45) is 0.174. The molecule has 1 aliphatic heterocycles. The Hall–Kier alpha value is -2.16. The summed E-state index contributed by atoms with van der Waals surface area (Å²) < 4.78 is 13.0. The van der Waals surface area contributed by atoms with Crippen molar-refractivity contribution in [3.8, 4) is 0 Å². The van der Waals surface area contributed by atoms with Crippen molar-refractivity contribution in [1.29, 1.82) is 0 Å². The largest absolute Gasteiger partial charge is 0.462 e. The van der Waals surface area contributed by atoms with Crippen molar-refractivity contribution >= 4 is 29.0 Å². The fourth-order valence-electron chi connectivity index (χ4n) is 3.99. The van der Waals surface area contributed by atoms with E-state index in [2.05, 4.69) is 10.2 Å². The Morgan fingerprint density at radius 1 is 1.27 bits per heavy atom. The number of nitrogens with one attached hydrogen (secondary N) is 1. The highest BCUT2D eigenvalue weighted by Gasteiger charge is 2.28. The summed E-state index contributed by atoms with van der Waals surface area (Å²) in [5, 5.41) is 5.04. The van der Waals surface area contributed by atoms with Crippen LogP contribution in [0.3, 0.4) is 0 Å². The zero-order valence-electron chi connectivity index (χ0n) is 18.4. The summed E-state index contributed by atoms with van der Waals surface area (Å²) in [7, 11) is 0. The Morgan fingerprint density at radius 3 is 2.57 bits per heavy atom. The van der Waals surface area contributed by atoms with Crippen LogP contribution in [0.15, 0.2) is 17.5 Å². The van der Waals surface area contributed by atoms with Gasteiger partial charge in [-0.25, -0.2) is 4.79 Å². The highest BCUT2D eigenvalue weighted by molar-refractivity contribution is 7.09. The van der Waals surface area contributed by atoms with Gasteiger partial charge in [-0.1, -0.05) is 6.07 Å². The second kappa shape index (κ2) is 9.76. The van der Waals surface area contributed by atoms with Gasteiger partial charge in [-0.2, -0.15) is 0 Å². The molecule has 3 rings (SSSR count). The minimum Gasteiger partial charge on any atom is -0.462 e. The quantitative estimate of drug-likeness (QED) is 0.677. The smallest absolute Gasteiger partial charge is 0.342 e. The molecule has 0 radical (unpaired) electrons. The summed E-state index contributed by atoms with van der Waals surface area (Å²) in [5.74, 6) is -0.0464. The molecular weight excluding hydrogens is 402 g/mol. The molecule has 3 heterocycles. The highest BCUT2D eigenvalue weighted by atomic mass is 32.1. The lowest BCUT2D eigenvalue weighted by Gasteiger charge is -2.34. The third-order valence-corrected chi connectivity index (χ3v) is 6.18. The zero-order chi connectivity index (χ0) is 21.8. The van der Waals surface area contributed by atoms with Crippen LogP contribution >= 0.6 is 11.3 Å². The van der Waals surface area contributed by atoms with Crippen LogP contribution < -0.4 is 5.32 Å². The summed E-state index contributed by atoms with van der Waals surface area (Å²) in [6, 6.07) is 4.04. The normalized spacial score (nSPS) is 19.6. The fraction of sp³-hybridized carbons (Fsp3) is 0.545. The molecule has 1 amide bonds. The van der Waals surface area contributed by atoms with Crippen molar-refractivity contribution in [3.05, 3.63) is 39.2 Å². The molecule has 1 fully saturated rings. The van der Waals surface area contributed by atoms with Gasteiger partial charge in [0.15, 0.2) is 0 Å². The summed E-state index contributed by atoms with van der Waals surface area (Å²) in [4.78, 5) is 28.9. The predicted molar refractivity (Wildman–Crippen MR) is 118 cm³/mol. The number of rotatable bonds is 7. The molecular formula is C22H31N3O4S. The SMILES string of the molecule is CCOC(=O)c1c(C)c(C)n(Cc2cccs2)c1NC(=O)CN1C[C@@H](C)O[C@@H](C)C1. The number of nitrogens with zero attached hydrogens (tertiary/aromatic N) is 2. The standard InChI is InChI=1S/C22H31N3O4S/c1-6-28-22(27)20-16(4)17(5)25(12-18-8-7-9-30-18)21(20)23-19(26)13-24-10-14(2)29-15(3)11-24/h7-9,14-15H,6,10-13H2,1-5H3,(H,23,26)/t14-,15+. The van der Waals surface area contributed by atoms with Crippen LogP contribution in [0, 0.1) is 13.8 Å². The van der Waals surface area contributed by atoms with Gasteiger partial charge in [-0.15, -0.1) is 11.3 Å². The monoisotopic (exact) mass is 433 g/mol. The van der Waals surface area contributed by atoms with Crippen molar-refractivity contribution in [1.82, 2.24) is 9.47 Å². The fourth-order valence-corrected chi connectivity index (χ4v) is 4.68. The van der Waals surface area contributed by atoms with Gasteiger partial charge >= 0.3 is 5.97 Å². The van der Waals surface area contributed by atoms with E-state index in [9.17, 15) is 9.59 Å². The molecule has 0 saturated carbocycles. The number of carbonyl (C=O) groups excluding carboxylic acids is 2. The van der Waals surface area contributed by atoms with Gasteiger partial charge in [0.2, 0.25) is 5.91 Å². The van der Waals surface area contributed by atoms with Gasteiger partial charge in [-0.05, 0) is 51.6 Å². The van der Waals surface area contributed by atoms with E-state index >= 15 is 0 Å². The van der Waals surface area contributed by atoms with Crippen LogP contribution in [-0.2, 0) is 20.8 Å². The van der Waals surface area contributed by atoms with Crippen LogP contribution in [0.5, 0.6) is 0 Å². The summed E-state index contributed by atoms with van der Waals surface area (Å²) >= 11 is 1.64. The molecule has 2 aromatic rings. The first-order chi connectivity index (χ1) is 14.3. The van der Waals surface area contributed by atoms with E-state index in [0.717, 1.165) is 16.1 Å². The molecule has 0 unspecified atom stereocenters. The molecule has 164 valence electrons. The van der Waals surface area contributed by atoms with Crippen LogP contribution in [-0.4, -0.2) is 59.8 Å². The molecule has 1 N–H and O–H groups in total. The minimum absolute atomic E-state index is 0.0869. The van der Waals surface area contributed by atoms with Crippen LogP contribution in [0.4, 0.5) is 5.82 Å². The molecule has 0 spiro atoms. The van der Waals surface area contributed by atoms with Crippen LogP contribution in [0.2, 0.25) is 0 Å². The van der Waals surface area contributed by atoms with Crippen molar-refractivity contribution in [3.63, 3.8) is 0 Å². The van der Waals surface area contributed by atoms with E-state index < -0.39 is 5.97 Å². The van der Waals surface area contributed by atoms with E-state index in [1.165, 1.54) is 0 Å². The summed E-state index contributed by atoms with van der Waals surface area (Å²) in [5.41, 5.74) is 2.20. The van der Waals surface area contributed by atoms with Gasteiger partial charge in [-0.3, -0.25) is 9.69 Å². The number of hydrogen-bond acceptors (Lipinski definition) is 6. The Bertz CT molecular complexity index is 881. The van der Waals surface area contributed by atoms with Crippen molar-refractivity contribution in [2.24, 2.45) is 0 Å². The van der Waals surface area contributed by atoms with E-state index in [0.29, 0.717) is 31.0 Å². The first kappa shape index (κ1) is 22.5. The molecule has 7 nitrogen and oxygen atoms in total. The maximum absolute atomic E-state index is 12.9. The Balaban J connectivity index is 1.87. The van der Waals surface area contributed by atoms with Crippen LogP contribution in [0.25, 0.3) is 0 Å². The second-order valence-electron chi connectivity index (χ2n) is 7.82. The molecule has 1 saturated heterocycles. The van der Waals surface area contributed by atoms with Crippen molar-refractivity contribution in [2.75, 3.05) is 31.6 Å². The predicted octanol–water partition coefficient (Wildman–Crippen LogP) is 3.44. The van der Waals surface area contributed by atoms with Gasteiger partial charge in [0, 0.05) is 23.7 Å². The van der Waals surface area contributed by atoms with Gasteiger partial charge in [0.1, 0.15) is 11.4 Å². The number of morpholine rings is 1. The average Bonchev–Trinajstić information content (AvgIpc) is 3.24. The molecule has 1 aliphatic rings. The maximum Gasteiger partial charge on any atom is 0.342 e. The molecule has 2 atom stereocenters. The molecule has 0 bridgehead atoms. The number of anilines is 1. The lowest BCUT2D eigenvalue weighted by molar-refractivity contribution is -0.121. The Morgan fingerprint density at radius 2 is 1.97 bits per heavy atom. The number of carbonyl (C=O) groups is 2. The van der Waals surface area contributed by atoms with Gasteiger partial charge in [0.25, 0.3) is 0 Å². The molecule has 30 heavy (non-hydrogen) atoms. The van der Waals surface area contributed by atoms with E-state index in [1.807, 2.05) is 49.8 Å². The molecule has 2 aromatic heterocycles. The third-order valence-electron chi connectivity index (χ3n) is 5.32. The molecule has 0 aliphatic carbocycles. The third kappa shape index (κ3) is 5.11. The van der Waals surface area contributed by atoms with Crippen LogP contribution in [0.1, 0.15) is 47.3 Å². The van der Waals surface area contributed by atoms with Crippen molar-refractivity contribution in [2.45, 2.75) is 53.4 Å². The molecule has 0 aromatic carbocycles.